The van der Waals surface area contributed by atoms with E-state index in [0.29, 0.717) is 10.3 Å². The molecular weight excluding hydrogens is 314 g/mol. The highest BCUT2D eigenvalue weighted by Gasteiger charge is 2.14. The van der Waals surface area contributed by atoms with E-state index in [1.54, 1.807) is 30.5 Å². The van der Waals surface area contributed by atoms with Crippen molar-refractivity contribution in [2.45, 2.75) is 6.54 Å². The summed E-state index contributed by atoms with van der Waals surface area (Å²) < 4.78 is 2.01. The highest BCUT2D eigenvalue weighted by molar-refractivity contribution is 9.10. The molecule has 0 saturated heterocycles. The molecule has 0 fully saturated rings. The zero-order valence-electron chi connectivity index (χ0n) is 9.71. The normalized spacial score (nSPS) is 10.2. The van der Waals surface area contributed by atoms with Crippen molar-refractivity contribution in [3.8, 4) is 0 Å². The minimum absolute atomic E-state index is 0.264. The lowest BCUT2D eigenvalue weighted by Gasteiger charge is -2.08. The summed E-state index contributed by atoms with van der Waals surface area (Å²) in [5, 5.41) is 11.4. The monoisotopic (exact) mass is 323 g/mol. The molecule has 0 aliphatic carbocycles. The Hall–Kier alpha value is -2.15. The lowest BCUT2D eigenvalue weighted by molar-refractivity contribution is -0.137. The molecule has 0 spiro atoms. The molecule has 0 atom stereocenters. The highest BCUT2D eigenvalue weighted by Crippen LogP contribution is 2.19. The Balaban J connectivity index is 2.19. The summed E-state index contributed by atoms with van der Waals surface area (Å²) >= 11 is 3.27. The summed E-state index contributed by atoms with van der Waals surface area (Å²) in [7, 11) is 0. The summed E-state index contributed by atoms with van der Waals surface area (Å²) in [5.74, 6) is -1.04. The molecule has 2 aromatic heterocycles. The molecular formula is C12H10BrN3O3. The van der Waals surface area contributed by atoms with Crippen molar-refractivity contribution in [3.05, 3.63) is 46.8 Å². The van der Waals surface area contributed by atoms with Crippen LogP contribution in [0.1, 0.15) is 10.5 Å². The number of carboxylic acid groups (broad SMARTS) is 1. The topological polar surface area (TPSA) is 84.2 Å². The van der Waals surface area contributed by atoms with Gasteiger partial charge in [-0.25, -0.2) is 4.98 Å². The quantitative estimate of drug-likeness (QED) is 0.901. The number of hydrogen-bond donors (Lipinski definition) is 2. The van der Waals surface area contributed by atoms with Gasteiger partial charge >= 0.3 is 5.97 Å². The van der Waals surface area contributed by atoms with Crippen LogP contribution in [0.25, 0.3) is 0 Å². The number of carbonyl (C=O) groups excluding carboxylic acids is 1. The van der Waals surface area contributed by atoms with Crippen molar-refractivity contribution in [3.63, 3.8) is 0 Å². The molecule has 1 amide bonds. The number of nitrogens with one attached hydrogen (secondary N) is 1. The van der Waals surface area contributed by atoms with Crippen LogP contribution < -0.4 is 5.32 Å². The molecule has 0 aliphatic rings. The Morgan fingerprint density at radius 1 is 1.37 bits per heavy atom. The Labute approximate surface area is 117 Å². The van der Waals surface area contributed by atoms with E-state index in [9.17, 15) is 9.59 Å². The maximum Gasteiger partial charge on any atom is 0.323 e. The van der Waals surface area contributed by atoms with Crippen LogP contribution in [0.5, 0.6) is 0 Å². The van der Waals surface area contributed by atoms with Crippen LogP contribution in [-0.4, -0.2) is 26.5 Å². The third-order valence-corrected chi connectivity index (χ3v) is 3.00. The number of hydrogen-bond acceptors (Lipinski definition) is 3. The molecule has 2 aromatic rings. The molecule has 6 nitrogen and oxygen atoms in total. The average Bonchev–Trinajstić information content (AvgIpc) is 2.79. The largest absolute Gasteiger partial charge is 0.480 e. The maximum absolute atomic E-state index is 12.0. The van der Waals surface area contributed by atoms with Gasteiger partial charge in [0.25, 0.3) is 5.91 Å². The Bertz CT molecular complexity index is 624. The van der Waals surface area contributed by atoms with E-state index >= 15 is 0 Å². The summed E-state index contributed by atoms with van der Waals surface area (Å²) in [6, 6.07) is 6.65. The number of nitrogens with zero attached hydrogens (tertiary/aromatic N) is 2. The standard InChI is InChI=1S/C12H10BrN3O3/c13-8-3-1-5-14-11(8)15-12(19)9-4-2-6-16(9)7-10(17)18/h1-6H,7H2,(H,17,18)(H,14,15,19). The van der Waals surface area contributed by atoms with Gasteiger partial charge in [-0.1, -0.05) is 0 Å². The van der Waals surface area contributed by atoms with Gasteiger partial charge in [-0.2, -0.15) is 0 Å². The number of anilines is 1. The van der Waals surface area contributed by atoms with Crippen LogP contribution >= 0.6 is 15.9 Å². The Morgan fingerprint density at radius 2 is 2.16 bits per heavy atom. The van der Waals surface area contributed by atoms with Crippen LogP contribution in [0.2, 0.25) is 0 Å². The first-order valence-corrected chi connectivity index (χ1v) is 6.16. The zero-order chi connectivity index (χ0) is 13.8. The van der Waals surface area contributed by atoms with Gasteiger partial charge in [0, 0.05) is 12.4 Å². The number of pyridine rings is 1. The number of carboxylic acids is 1. The fraction of sp³-hybridized carbons (Fsp3) is 0.0833. The third-order valence-electron chi connectivity index (χ3n) is 2.36. The van der Waals surface area contributed by atoms with E-state index in [-0.39, 0.29) is 12.2 Å². The summed E-state index contributed by atoms with van der Waals surface area (Å²) in [5.41, 5.74) is 0.264. The minimum atomic E-state index is -1.01. The second kappa shape index (κ2) is 5.66. The minimum Gasteiger partial charge on any atom is -0.480 e. The maximum atomic E-state index is 12.0. The number of aliphatic carboxylic acids is 1. The zero-order valence-corrected chi connectivity index (χ0v) is 11.3. The average molecular weight is 324 g/mol. The van der Waals surface area contributed by atoms with Crippen LogP contribution in [0, 0.1) is 0 Å². The number of rotatable bonds is 4. The van der Waals surface area contributed by atoms with Crippen molar-refractivity contribution < 1.29 is 14.7 Å². The molecule has 7 heteroatoms. The smallest absolute Gasteiger partial charge is 0.323 e. The summed E-state index contributed by atoms with van der Waals surface area (Å²) in [6.07, 6.45) is 3.09. The van der Waals surface area contributed by atoms with E-state index in [0.717, 1.165) is 0 Å². The summed E-state index contributed by atoms with van der Waals surface area (Å²) in [4.78, 5) is 26.7. The number of halogens is 1. The van der Waals surface area contributed by atoms with Gasteiger partial charge in [0.2, 0.25) is 0 Å². The fourth-order valence-corrected chi connectivity index (χ4v) is 1.91. The van der Waals surface area contributed by atoms with E-state index in [1.807, 2.05) is 0 Å². The number of aromatic nitrogens is 2. The molecule has 2 N–H and O–H groups in total. The van der Waals surface area contributed by atoms with Crippen LogP contribution in [-0.2, 0) is 11.3 Å². The second-order valence-electron chi connectivity index (χ2n) is 3.70. The van der Waals surface area contributed by atoms with Gasteiger partial charge in [-0.3, -0.25) is 9.59 Å². The van der Waals surface area contributed by atoms with Crippen molar-refractivity contribution in [1.82, 2.24) is 9.55 Å². The fourth-order valence-electron chi connectivity index (χ4n) is 1.55. The molecule has 0 radical (unpaired) electrons. The first-order chi connectivity index (χ1) is 9.08. The highest BCUT2D eigenvalue weighted by atomic mass is 79.9. The molecule has 2 heterocycles. The molecule has 0 saturated carbocycles. The first-order valence-electron chi connectivity index (χ1n) is 5.36. The Morgan fingerprint density at radius 3 is 2.84 bits per heavy atom. The van der Waals surface area contributed by atoms with Gasteiger partial charge < -0.3 is 15.0 Å². The molecule has 0 unspecified atom stereocenters. The van der Waals surface area contributed by atoms with E-state index in [1.165, 1.54) is 10.8 Å². The number of carbonyl (C=O) groups is 2. The van der Waals surface area contributed by atoms with Gasteiger partial charge in [0.05, 0.1) is 4.47 Å². The van der Waals surface area contributed by atoms with Crippen LogP contribution in [0.15, 0.2) is 41.1 Å². The van der Waals surface area contributed by atoms with Gasteiger partial charge in [0.15, 0.2) is 0 Å². The molecule has 0 bridgehead atoms. The van der Waals surface area contributed by atoms with Gasteiger partial charge in [0.1, 0.15) is 18.1 Å². The van der Waals surface area contributed by atoms with Crippen molar-refractivity contribution in [1.29, 1.82) is 0 Å². The number of amides is 1. The molecule has 0 aromatic carbocycles. The predicted octanol–water partition coefficient (Wildman–Crippen LogP) is 1.98. The van der Waals surface area contributed by atoms with E-state index < -0.39 is 11.9 Å². The predicted molar refractivity (Wildman–Crippen MR) is 72.0 cm³/mol. The lowest BCUT2D eigenvalue weighted by Crippen LogP contribution is -2.20. The third kappa shape index (κ3) is 3.19. The SMILES string of the molecule is O=C(O)Cn1cccc1C(=O)Nc1ncccc1Br. The van der Waals surface area contributed by atoms with E-state index in [2.05, 4.69) is 26.2 Å². The second-order valence-corrected chi connectivity index (χ2v) is 4.56. The molecule has 19 heavy (non-hydrogen) atoms. The lowest BCUT2D eigenvalue weighted by atomic mass is 10.3. The molecule has 2 rings (SSSR count). The Kier molecular flexibility index (Phi) is 3.96. The molecule has 98 valence electrons. The van der Waals surface area contributed by atoms with Crippen LogP contribution in [0.3, 0.4) is 0 Å². The first kappa shape index (κ1) is 13.3. The van der Waals surface area contributed by atoms with Crippen LogP contribution in [0.4, 0.5) is 5.82 Å². The van der Waals surface area contributed by atoms with E-state index in [4.69, 9.17) is 5.11 Å². The molecule has 0 aliphatic heterocycles. The van der Waals surface area contributed by atoms with Crippen molar-refractivity contribution in [2.24, 2.45) is 0 Å². The van der Waals surface area contributed by atoms with Crippen molar-refractivity contribution in [2.75, 3.05) is 5.32 Å². The van der Waals surface area contributed by atoms with Gasteiger partial charge in [-0.05, 0) is 40.2 Å². The van der Waals surface area contributed by atoms with Crippen molar-refractivity contribution >= 4 is 33.6 Å². The summed E-state index contributed by atoms with van der Waals surface area (Å²) in [6.45, 7) is -0.265. The van der Waals surface area contributed by atoms with Gasteiger partial charge in [-0.15, -0.1) is 0 Å².